The van der Waals surface area contributed by atoms with Crippen molar-refractivity contribution in [3.8, 4) is 0 Å². The van der Waals surface area contributed by atoms with Crippen LogP contribution >= 0.6 is 0 Å². The van der Waals surface area contributed by atoms with E-state index < -0.39 is 0 Å². The quantitative estimate of drug-likeness (QED) is 0.881. The average Bonchev–Trinajstić information content (AvgIpc) is 2.46. The van der Waals surface area contributed by atoms with Crippen molar-refractivity contribution in [3.63, 3.8) is 0 Å². The molecule has 1 aliphatic rings. The van der Waals surface area contributed by atoms with Gasteiger partial charge in [0, 0.05) is 5.69 Å². The van der Waals surface area contributed by atoms with Gasteiger partial charge < -0.3 is 10.6 Å². The van der Waals surface area contributed by atoms with Gasteiger partial charge in [0.15, 0.2) is 0 Å². The smallest absolute Gasteiger partial charge is 0.242 e. The summed E-state index contributed by atoms with van der Waals surface area (Å²) in [4.78, 5) is 12.5. The predicted molar refractivity (Wildman–Crippen MR) is 88.6 cm³/mol. The highest BCUT2D eigenvalue weighted by Crippen LogP contribution is 2.31. The lowest BCUT2D eigenvalue weighted by atomic mass is 9.77. The topological polar surface area (TPSA) is 41.1 Å². The van der Waals surface area contributed by atoms with E-state index in [4.69, 9.17) is 0 Å². The molecule has 1 saturated heterocycles. The molecule has 2 atom stereocenters. The normalized spacial score (nSPS) is 22.6. The molecule has 21 heavy (non-hydrogen) atoms. The van der Waals surface area contributed by atoms with E-state index in [1.165, 1.54) is 5.56 Å². The maximum atomic E-state index is 12.5. The number of amides is 1. The van der Waals surface area contributed by atoms with Crippen LogP contribution < -0.4 is 10.6 Å². The highest BCUT2D eigenvalue weighted by molar-refractivity contribution is 5.95. The number of anilines is 1. The van der Waals surface area contributed by atoms with Crippen molar-refractivity contribution in [2.24, 2.45) is 5.41 Å². The molecule has 0 bridgehead atoms. The number of piperidine rings is 1. The molecule has 1 aromatic carbocycles. The minimum atomic E-state index is -0.111. The van der Waals surface area contributed by atoms with E-state index in [0.29, 0.717) is 5.92 Å². The van der Waals surface area contributed by atoms with Crippen LogP contribution in [0, 0.1) is 5.41 Å². The summed E-state index contributed by atoms with van der Waals surface area (Å²) >= 11 is 0. The first kappa shape index (κ1) is 16.0. The monoisotopic (exact) mass is 288 g/mol. The molecule has 1 aliphatic heterocycles. The molecule has 0 aliphatic carbocycles. The number of hydrogen-bond donors (Lipinski definition) is 2. The van der Waals surface area contributed by atoms with Gasteiger partial charge in [0.05, 0.1) is 6.04 Å². The SMILES string of the molecule is CCC(C)c1ccc(NC(=O)C2NCCCC2(C)C)cc1. The van der Waals surface area contributed by atoms with Crippen molar-refractivity contribution < 1.29 is 4.79 Å². The van der Waals surface area contributed by atoms with Gasteiger partial charge in [-0.3, -0.25) is 4.79 Å². The van der Waals surface area contributed by atoms with Crippen LogP contribution in [0.25, 0.3) is 0 Å². The van der Waals surface area contributed by atoms with Crippen molar-refractivity contribution in [1.29, 1.82) is 0 Å². The van der Waals surface area contributed by atoms with Gasteiger partial charge in [-0.1, -0.05) is 39.8 Å². The summed E-state index contributed by atoms with van der Waals surface area (Å²) < 4.78 is 0. The van der Waals surface area contributed by atoms with Crippen molar-refractivity contribution in [3.05, 3.63) is 29.8 Å². The molecule has 1 amide bonds. The van der Waals surface area contributed by atoms with Crippen LogP contribution in [-0.4, -0.2) is 18.5 Å². The van der Waals surface area contributed by atoms with E-state index in [0.717, 1.165) is 31.5 Å². The Morgan fingerprint density at radius 2 is 2.05 bits per heavy atom. The second kappa shape index (κ2) is 6.61. The molecule has 1 aromatic rings. The van der Waals surface area contributed by atoms with Gasteiger partial charge in [-0.25, -0.2) is 0 Å². The number of carbonyl (C=O) groups excluding carboxylic acids is 1. The average molecular weight is 288 g/mol. The van der Waals surface area contributed by atoms with Crippen LogP contribution in [0.5, 0.6) is 0 Å². The Bertz CT molecular complexity index is 478. The number of rotatable bonds is 4. The van der Waals surface area contributed by atoms with Gasteiger partial charge in [0.2, 0.25) is 5.91 Å². The molecule has 0 spiro atoms. The minimum absolute atomic E-state index is 0.0129. The van der Waals surface area contributed by atoms with Gasteiger partial charge in [0.25, 0.3) is 0 Å². The first-order chi connectivity index (χ1) is 9.94. The Labute approximate surface area is 128 Å². The fourth-order valence-electron chi connectivity index (χ4n) is 3.00. The molecule has 0 saturated carbocycles. The van der Waals surface area contributed by atoms with Crippen LogP contribution in [0.3, 0.4) is 0 Å². The van der Waals surface area contributed by atoms with Crippen LogP contribution in [-0.2, 0) is 4.79 Å². The highest BCUT2D eigenvalue weighted by atomic mass is 16.2. The Morgan fingerprint density at radius 3 is 2.62 bits per heavy atom. The fourth-order valence-corrected chi connectivity index (χ4v) is 3.00. The third-order valence-corrected chi connectivity index (χ3v) is 4.75. The van der Waals surface area contributed by atoms with E-state index in [1.54, 1.807) is 0 Å². The summed E-state index contributed by atoms with van der Waals surface area (Å²) in [5, 5.41) is 6.41. The third kappa shape index (κ3) is 3.85. The summed E-state index contributed by atoms with van der Waals surface area (Å²) in [5.74, 6) is 0.643. The summed E-state index contributed by atoms with van der Waals surface area (Å²) in [7, 11) is 0. The van der Waals surface area contributed by atoms with Crippen molar-refractivity contribution >= 4 is 11.6 Å². The van der Waals surface area contributed by atoms with E-state index in [9.17, 15) is 4.79 Å². The molecule has 2 N–H and O–H groups in total. The van der Waals surface area contributed by atoms with E-state index in [-0.39, 0.29) is 17.4 Å². The molecule has 3 nitrogen and oxygen atoms in total. The molecule has 3 heteroatoms. The van der Waals surface area contributed by atoms with Gasteiger partial charge in [-0.2, -0.15) is 0 Å². The molecule has 1 fully saturated rings. The minimum Gasteiger partial charge on any atom is -0.325 e. The lowest BCUT2D eigenvalue weighted by molar-refractivity contribution is -0.121. The van der Waals surface area contributed by atoms with Crippen LogP contribution in [0.15, 0.2) is 24.3 Å². The number of carbonyl (C=O) groups is 1. The Balaban J connectivity index is 2.02. The van der Waals surface area contributed by atoms with E-state index >= 15 is 0 Å². The van der Waals surface area contributed by atoms with Gasteiger partial charge in [-0.15, -0.1) is 0 Å². The van der Waals surface area contributed by atoms with Crippen LogP contribution in [0.1, 0.15) is 58.4 Å². The zero-order chi connectivity index (χ0) is 15.5. The second-order valence-electron chi connectivity index (χ2n) is 6.90. The summed E-state index contributed by atoms with van der Waals surface area (Å²) in [5.41, 5.74) is 2.22. The lowest BCUT2D eigenvalue weighted by Gasteiger charge is -2.38. The maximum absolute atomic E-state index is 12.5. The first-order valence-electron chi connectivity index (χ1n) is 8.08. The lowest BCUT2D eigenvalue weighted by Crippen LogP contribution is -2.53. The zero-order valence-electron chi connectivity index (χ0n) is 13.7. The zero-order valence-corrected chi connectivity index (χ0v) is 13.7. The first-order valence-corrected chi connectivity index (χ1v) is 8.08. The van der Waals surface area contributed by atoms with Crippen molar-refractivity contribution in [1.82, 2.24) is 5.32 Å². The maximum Gasteiger partial charge on any atom is 0.242 e. The number of hydrogen-bond acceptors (Lipinski definition) is 2. The molecule has 116 valence electrons. The second-order valence-corrected chi connectivity index (χ2v) is 6.90. The largest absolute Gasteiger partial charge is 0.325 e. The molecular weight excluding hydrogens is 260 g/mol. The standard InChI is InChI=1S/C18H28N2O/c1-5-13(2)14-7-9-15(10-8-14)20-17(21)16-18(3,4)11-6-12-19-16/h7-10,13,16,19H,5-6,11-12H2,1-4H3,(H,20,21). The molecular formula is C18H28N2O. The predicted octanol–water partition coefficient (Wildman–Crippen LogP) is 3.92. The van der Waals surface area contributed by atoms with Gasteiger partial charge in [0.1, 0.15) is 0 Å². The van der Waals surface area contributed by atoms with Crippen LogP contribution in [0.4, 0.5) is 5.69 Å². The summed E-state index contributed by atoms with van der Waals surface area (Å²) in [6.45, 7) is 9.67. The Hall–Kier alpha value is -1.35. The third-order valence-electron chi connectivity index (χ3n) is 4.75. The fraction of sp³-hybridized carbons (Fsp3) is 0.611. The van der Waals surface area contributed by atoms with Gasteiger partial charge in [-0.05, 0) is 54.8 Å². The molecule has 1 heterocycles. The van der Waals surface area contributed by atoms with Crippen LogP contribution in [0.2, 0.25) is 0 Å². The summed E-state index contributed by atoms with van der Waals surface area (Å²) in [6.07, 6.45) is 3.36. The number of benzene rings is 1. The van der Waals surface area contributed by atoms with Crippen molar-refractivity contribution in [2.45, 2.75) is 58.9 Å². The van der Waals surface area contributed by atoms with E-state index in [2.05, 4.69) is 50.5 Å². The Morgan fingerprint density at radius 1 is 1.38 bits per heavy atom. The van der Waals surface area contributed by atoms with E-state index in [1.807, 2.05) is 12.1 Å². The van der Waals surface area contributed by atoms with Gasteiger partial charge >= 0.3 is 0 Å². The molecule has 2 unspecified atom stereocenters. The Kier molecular flexibility index (Phi) is 5.04. The molecule has 0 radical (unpaired) electrons. The highest BCUT2D eigenvalue weighted by Gasteiger charge is 2.36. The molecule has 2 rings (SSSR count). The number of nitrogens with one attached hydrogen (secondary N) is 2. The summed E-state index contributed by atoms with van der Waals surface area (Å²) in [6, 6.07) is 8.14. The molecule has 0 aromatic heterocycles. The van der Waals surface area contributed by atoms with Crippen molar-refractivity contribution in [2.75, 3.05) is 11.9 Å².